The van der Waals surface area contributed by atoms with Crippen molar-refractivity contribution in [2.24, 2.45) is 0 Å². The minimum Gasteiger partial charge on any atom is -0.290 e. The lowest BCUT2D eigenvalue weighted by molar-refractivity contribution is -0.112. The van der Waals surface area contributed by atoms with Crippen molar-refractivity contribution in [2.75, 3.05) is 11.6 Å². The Morgan fingerprint density at radius 2 is 1.86 bits per heavy atom. The van der Waals surface area contributed by atoms with Crippen molar-refractivity contribution in [3.63, 3.8) is 0 Å². The SMILES string of the molecule is CSc1ccc(C(=O)C(=O)CBr)cc1. The van der Waals surface area contributed by atoms with Crippen molar-refractivity contribution in [1.82, 2.24) is 0 Å². The van der Waals surface area contributed by atoms with Crippen LogP contribution in [0.5, 0.6) is 0 Å². The molecule has 0 unspecified atom stereocenters. The molecule has 0 radical (unpaired) electrons. The van der Waals surface area contributed by atoms with Gasteiger partial charge in [0, 0.05) is 10.5 Å². The molecule has 0 atom stereocenters. The van der Waals surface area contributed by atoms with Crippen molar-refractivity contribution in [2.45, 2.75) is 4.90 Å². The molecule has 0 saturated heterocycles. The number of halogens is 1. The van der Waals surface area contributed by atoms with Crippen molar-refractivity contribution < 1.29 is 9.59 Å². The van der Waals surface area contributed by atoms with Crippen LogP contribution >= 0.6 is 27.7 Å². The van der Waals surface area contributed by atoms with Crippen LogP contribution in [0.1, 0.15) is 10.4 Å². The third kappa shape index (κ3) is 2.69. The maximum absolute atomic E-state index is 11.4. The molecular weight excluding hydrogens is 264 g/mol. The molecule has 1 aromatic carbocycles. The first kappa shape index (κ1) is 11.5. The topological polar surface area (TPSA) is 34.1 Å². The lowest BCUT2D eigenvalue weighted by atomic mass is 10.1. The highest BCUT2D eigenvalue weighted by Gasteiger charge is 2.13. The Hall–Kier alpha value is -0.610. The summed E-state index contributed by atoms with van der Waals surface area (Å²) in [6, 6.07) is 7.02. The van der Waals surface area contributed by atoms with E-state index < -0.39 is 11.6 Å². The standard InChI is InChI=1S/C10H9BrO2S/c1-14-8-4-2-7(3-5-8)10(13)9(12)6-11/h2-5H,6H2,1H3. The van der Waals surface area contributed by atoms with E-state index in [1.165, 1.54) is 0 Å². The summed E-state index contributed by atoms with van der Waals surface area (Å²) in [5.41, 5.74) is 0.451. The quantitative estimate of drug-likeness (QED) is 0.366. The number of hydrogen-bond acceptors (Lipinski definition) is 3. The van der Waals surface area contributed by atoms with E-state index in [9.17, 15) is 9.59 Å². The number of ketones is 2. The third-order valence-electron chi connectivity index (χ3n) is 1.73. The molecule has 0 amide bonds. The molecule has 0 heterocycles. The Balaban J connectivity index is 2.87. The Labute approximate surface area is 95.2 Å². The second-order valence-corrected chi connectivity index (χ2v) is 4.05. The summed E-state index contributed by atoms with van der Waals surface area (Å²) in [5, 5.41) is 0.0795. The predicted molar refractivity (Wildman–Crippen MR) is 61.4 cm³/mol. The number of alkyl halides is 1. The van der Waals surface area contributed by atoms with Crippen LogP contribution in [0.25, 0.3) is 0 Å². The second kappa shape index (κ2) is 5.32. The Morgan fingerprint density at radius 3 is 2.29 bits per heavy atom. The van der Waals surface area contributed by atoms with Crippen molar-refractivity contribution >= 4 is 39.3 Å². The van der Waals surface area contributed by atoms with Crippen LogP contribution in [-0.2, 0) is 4.79 Å². The molecule has 0 aliphatic rings. The molecule has 2 nitrogen and oxygen atoms in total. The first-order valence-corrected chi connectivity index (χ1v) is 6.31. The van der Waals surface area contributed by atoms with Gasteiger partial charge in [-0.25, -0.2) is 0 Å². The van der Waals surface area contributed by atoms with Crippen LogP contribution in [0.15, 0.2) is 29.2 Å². The fraction of sp³-hybridized carbons (Fsp3) is 0.200. The highest BCUT2D eigenvalue weighted by atomic mass is 79.9. The van der Waals surface area contributed by atoms with Gasteiger partial charge in [-0.1, -0.05) is 15.9 Å². The zero-order valence-electron chi connectivity index (χ0n) is 7.62. The van der Waals surface area contributed by atoms with Crippen LogP contribution < -0.4 is 0 Å². The van der Waals surface area contributed by atoms with Crippen molar-refractivity contribution in [1.29, 1.82) is 0 Å². The summed E-state index contributed by atoms with van der Waals surface area (Å²) in [5.74, 6) is -0.851. The number of hydrogen-bond donors (Lipinski definition) is 0. The summed E-state index contributed by atoms with van der Waals surface area (Å²) in [6.45, 7) is 0. The molecule has 1 aromatic rings. The highest BCUT2D eigenvalue weighted by molar-refractivity contribution is 9.09. The molecule has 0 N–H and O–H groups in total. The second-order valence-electron chi connectivity index (χ2n) is 2.61. The predicted octanol–water partition coefficient (Wildman–Crippen LogP) is 2.56. The van der Waals surface area contributed by atoms with Crippen LogP contribution in [-0.4, -0.2) is 23.2 Å². The van der Waals surface area contributed by atoms with E-state index in [2.05, 4.69) is 15.9 Å². The molecule has 0 aliphatic heterocycles. The largest absolute Gasteiger partial charge is 0.290 e. The maximum atomic E-state index is 11.4. The van der Waals surface area contributed by atoms with Crippen molar-refractivity contribution in [3.05, 3.63) is 29.8 Å². The first-order chi connectivity index (χ1) is 6.69. The van der Waals surface area contributed by atoms with Gasteiger partial charge in [0.1, 0.15) is 0 Å². The van der Waals surface area contributed by atoms with Gasteiger partial charge >= 0.3 is 0 Å². The fourth-order valence-electron chi connectivity index (χ4n) is 0.964. The van der Waals surface area contributed by atoms with Crippen LogP contribution in [0.2, 0.25) is 0 Å². The van der Waals surface area contributed by atoms with E-state index in [0.29, 0.717) is 5.56 Å². The smallest absolute Gasteiger partial charge is 0.229 e. The van der Waals surface area contributed by atoms with E-state index in [1.807, 2.05) is 18.4 Å². The average Bonchev–Trinajstić information content (AvgIpc) is 2.27. The van der Waals surface area contributed by atoms with Crippen molar-refractivity contribution in [3.8, 4) is 0 Å². The van der Waals surface area contributed by atoms with Gasteiger partial charge in [-0.15, -0.1) is 11.8 Å². The third-order valence-corrected chi connectivity index (χ3v) is 2.98. The molecule has 74 valence electrons. The van der Waals surface area contributed by atoms with Gasteiger partial charge in [-0.05, 0) is 30.5 Å². The average molecular weight is 273 g/mol. The highest BCUT2D eigenvalue weighted by Crippen LogP contribution is 2.15. The summed E-state index contributed by atoms with van der Waals surface area (Å²) < 4.78 is 0. The number of carbonyl (C=O) groups is 2. The van der Waals surface area contributed by atoms with Gasteiger partial charge in [0.05, 0.1) is 5.33 Å². The summed E-state index contributed by atoms with van der Waals surface area (Å²) in [7, 11) is 0. The molecule has 0 aliphatic carbocycles. The lowest BCUT2D eigenvalue weighted by Gasteiger charge is -1.99. The summed E-state index contributed by atoms with van der Waals surface area (Å²) in [4.78, 5) is 23.5. The van der Waals surface area contributed by atoms with Crippen LogP contribution in [0.3, 0.4) is 0 Å². The monoisotopic (exact) mass is 272 g/mol. The molecule has 0 bridgehead atoms. The van der Waals surface area contributed by atoms with Crippen LogP contribution in [0.4, 0.5) is 0 Å². The van der Waals surface area contributed by atoms with Gasteiger partial charge in [-0.3, -0.25) is 9.59 Å². The van der Waals surface area contributed by atoms with E-state index in [1.54, 1.807) is 23.9 Å². The Bertz CT molecular complexity index is 346. The van der Waals surface area contributed by atoms with Gasteiger partial charge in [0.25, 0.3) is 0 Å². The number of benzene rings is 1. The van der Waals surface area contributed by atoms with E-state index in [4.69, 9.17) is 0 Å². The zero-order valence-corrected chi connectivity index (χ0v) is 10.0. The Morgan fingerprint density at radius 1 is 1.29 bits per heavy atom. The fourth-order valence-corrected chi connectivity index (χ4v) is 1.63. The molecule has 14 heavy (non-hydrogen) atoms. The minimum absolute atomic E-state index is 0.0795. The summed E-state index contributed by atoms with van der Waals surface area (Å²) >= 11 is 4.56. The molecule has 0 spiro atoms. The molecule has 4 heteroatoms. The van der Waals surface area contributed by atoms with E-state index in [0.717, 1.165) is 4.90 Å². The Kier molecular flexibility index (Phi) is 4.35. The molecule has 1 rings (SSSR count). The normalized spacial score (nSPS) is 9.86. The zero-order chi connectivity index (χ0) is 10.6. The number of rotatable bonds is 4. The van der Waals surface area contributed by atoms with Gasteiger partial charge in [0.2, 0.25) is 11.6 Å². The van der Waals surface area contributed by atoms with Gasteiger partial charge in [-0.2, -0.15) is 0 Å². The molecule has 0 saturated carbocycles. The number of thioether (sulfide) groups is 1. The maximum Gasteiger partial charge on any atom is 0.229 e. The van der Waals surface area contributed by atoms with E-state index >= 15 is 0 Å². The number of carbonyl (C=O) groups excluding carboxylic acids is 2. The lowest BCUT2D eigenvalue weighted by Crippen LogP contribution is -2.14. The van der Waals surface area contributed by atoms with Gasteiger partial charge < -0.3 is 0 Å². The summed E-state index contributed by atoms with van der Waals surface area (Å²) in [6.07, 6.45) is 1.96. The van der Waals surface area contributed by atoms with E-state index in [-0.39, 0.29) is 5.33 Å². The first-order valence-electron chi connectivity index (χ1n) is 3.96. The number of Topliss-reactive ketones (excluding diaryl/α,β-unsaturated/α-hetero) is 2. The minimum atomic E-state index is -0.436. The molecule has 0 aromatic heterocycles. The van der Waals surface area contributed by atoms with Gasteiger partial charge in [0.15, 0.2) is 0 Å². The molecule has 0 fully saturated rings. The molecular formula is C10H9BrO2S. The van der Waals surface area contributed by atoms with Crippen LogP contribution in [0, 0.1) is 0 Å².